The zero-order chi connectivity index (χ0) is 14.0. The standard InChI is InChI=1S/C15H14ClN3/c1-9-6-12(16)4-5-14(9)19-15-7-10(2)18-11(3)13(15)8-17/h4-7H,1-3H3,(H,18,19). The van der Waals surface area contributed by atoms with Crippen LogP contribution in [-0.2, 0) is 0 Å². The van der Waals surface area contributed by atoms with E-state index in [9.17, 15) is 5.26 Å². The molecule has 0 fully saturated rings. The molecule has 0 unspecified atom stereocenters. The Morgan fingerprint density at radius 3 is 2.53 bits per heavy atom. The first-order chi connectivity index (χ1) is 9.01. The average molecular weight is 272 g/mol. The zero-order valence-electron chi connectivity index (χ0n) is 11.1. The highest BCUT2D eigenvalue weighted by Crippen LogP contribution is 2.26. The second-order valence-corrected chi connectivity index (χ2v) is 4.90. The van der Waals surface area contributed by atoms with E-state index in [1.165, 1.54) is 0 Å². The van der Waals surface area contributed by atoms with Gasteiger partial charge in [-0.25, -0.2) is 0 Å². The van der Waals surface area contributed by atoms with Gasteiger partial charge in [0.1, 0.15) is 6.07 Å². The van der Waals surface area contributed by atoms with Crippen LogP contribution in [0.15, 0.2) is 24.3 Å². The molecule has 4 heteroatoms. The lowest BCUT2D eigenvalue weighted by Gasteiger charge is -2.13. The molecule has 19 heavy (non-hydrogen) atoms. The summed E-state index contributed by atoms with van der Waals surface area (Å²) in [4.78, 5) is 4.30. The highest BCUT2D eigenvalue weighted by molar-refractivity contribution is 6.30. The van der Waals surface area contributed by atoms with E-state index in [-0.39, 0.29) is 0 Å². The van der Waals surface area contributed by atoms with E-state index < -0.39 is 0 Å². The van der Waals surface area contributed by atoms with Gasteiger partial charge in [-0.2, -0.15) is 5.26 Å². The van der Waals surface area contributed by atoms with Crippen LogP contribution in [-0.4, -0.2) is 4.98 Å². The number of nitrogens with one attached hydrogen (secondary N) is 1. The molecule has 0 aliphatic rings. The molecule has 0 saturated heterocycles. The van der Waals surface area contributed by atoms with E-state index in [2.05, 4.69) is 16.4 Å². The number of rotatable bonds is 2. The Bertz CT molecular complexity index is 672. The summed E-state index contributed by atoms with van der Waals surface area (Å²) in [6, 6.07) is 9.68. The lowest BCUT2D eigenvalue weighted by atomic mass is 10.1. The van der Waals surface area contributed by atoms with Gasteiger partial charge in [-0.15, -0.1) is 0 Å². The molecular formula is C15H14ClN3. The first kappa shape index (κ1) is 13.4. The fourth-order valence-electron chi connectivity index (χ4n) is 1.98. The third kappa shape index (κ3) is 2.86. The van der Waals surface area contributed by atoms with Crippen molar-refractivity contribution in [3.8, 4) is 6.07 Å². The minimum absolute atomic E-state index is 0.569. The molecule has 1 aromatic carbocycles. The Morgan fingerprint density at radius 1 is 1.16 bits per heavy atom. The number of nitrogens with zero attached hydrogens (tertiary/aromatic N) is 2. The van der Waals surface area contributed by atoms with Crippen LogP contribution < -0.4 is 5.32 Å². The number of nitriles is 1. The smallest absolute Gasteiger partial charge is 0.103 e. The monoisotopic (exact) mass is 271 g/mol. The van der Waals surface area contributed by atoms with Crippen molar-refractivity contribution in [3.05, 3.63) is 51.8 Å². The number of aromatic nitrogens is 1. The topological polar surface area (TPSA) is 48.7 Å². The van der Waals surface area contributed by atoms with Crippen molar-refractivity contribution < 1.29 is 0 Å². The predicted octanol–water partition coefficient (Wildman–Crippen LogP) is 4.28. The normalized spacial score (nSPS) is 10.1. The summed E-state index contributed by atoms with van der Waals surface area (Å²) in [5.74, 6) is 0. The number of benzene rings is 1. The summed E-state index contributed by atoms with van der Waals surface area (Å²) in [5, 5.41) is 13.2. The minimum Gasteiger partial charge on any atom is -0.354 e. The van der Waals surface area contributed by atoms with Gasteiger partial charge in [-0.3, -0.25) is 4.98 Å². The van der Waals surface area contributed by atoms with Crippen LogP contribution in [0, 0.1) is 32.1 Å². The zero-order valence-corrected chi connectivity index (χ0v) is 11.8. The molecule has 0 radical (unpaired) electrons. The largest absolute Gasteiger partial charge is 0.354 e. The maximum Gasteiger partial charge on any atom is 0.103 e. The molecule has 3 nitrogen and oxygen atoms in total. The highest BCUT2D eigenvalue weighted by Gasteiger charge is 2.09. The number of hydrogen-bond donors (Lipinski definition) is 1. The summed E-state index contributed by atoms with van der Waals surface area (Å²) in [7, 11) is 0. The molecule has 1 heterocycles. The van der Waals surface area contributed by atoms with Gasteiger partial charge in [-0.1, -0.05) is 11.6 Å². The lowest BCUT2D eigenvalue weighted by molar-refractivity contribution is 1.11. The molecule has 0 aliphatic carbocycles. The number of hydrogen-bond acceptors (Lipinski definition) is 3. The molecule has 0 aliphatic heterocycles. The summed E-state index contributed by atoms with van der Waals surface area (Å²) in [6.45, 7) is 5.72. The SMILES string of the molecule is Cc1cc(Nc2ccc(Cl)cc2C)c(C#N)c(C)n1. The maximum absolute atomic E-state index is 9.23. The van der Waals surface area contributed by atoms with E-state index in [0.29, 0.717) is 10.6 Å². The number of halogens is 1. The number of aryl methyl sites for hydroxylation is 3. The second kappa shape index (κ2) is 5.29. The van der Waals surface area contributed by atoms with Gasteiger partial charge in [0.25, 0.3) is 0 Å². The van der Waals surface area contributed by atoms with Gasteiger partial charge in [0, 0.05) is 16.4 Å². The molecule has 0 bridgehead atoms. The van der Waals surface area contributed by atoms with Crippen LogP contribution >= 0.6 is 11.6 Å². The molecule has 1 aromatic heterocycles. The van der Waals surface area contributed by atoms with Crippen LogP contribution in [0.5, 0.6) is 0 Å². The van der Waals surface area contributed by atoms with E-state index >= 15 is 0 Å². The summed E-state index contributed by atoms with van der Waals surface area (Å²) < 4.78 is 0. The van der Waals surface area contributed by atoms with Gasteiger partial charge in [0.2, 0.25) is 0 Å². The quantitative estimate of drug-likeness (QED) is 0.887. The van der Waals surface area contributed by atoms with Crippen molar-refractivity contribution in [1.82, 2.24) is 4.98 Å². The van der Waals surface area contributed by atoms with Gasteiger partial charge >= 0.3 is 0 Å². The van der Waals surface area contributed by atoms with E-state index in [1.54, 1.807) is 0 Å². The van der Waals surface area contributed by atoms with Crippen molar-refractivity contribution in [1.29, 1.82) is 5.26 Å². The number of pyridine rings is 1. The lowest BCUT2D eigenvalue weighted by Crippen LogP contribution is -2.00. The Balaban J connectivity index is 2.46. The highest BCUT2D eigenvalue weighted by atomic mass is 35.5. The Hall–Kier alpha value is -2.05. The van der Waals surface area contributed by atoms with Crippen LogP contribution in [0.3, 0.4) is 0 Å². The fourth-order valence-corrected chi connectivity index (χ4v) is 2.21. The van der Waals surface area contributed by atoms with Crippen LogP contribution in [0.1, 0.15) is 22.5 Å². The van der Waals surface area contributed by atoms with Crippen molar-refractivity contribution in [2.24, 2.45) is 0 Å². The molecule has 2 rings (SSSR count). The van der Waals surface area contributed by atoms with Gasteiger partial charge in [0.15, 0.2) is 0 Å². The van der Waals surface area contributed by atoms with E-state index in [4.69, 9.17) is 11.6 Å². The first-order valence-electron chi connectivity index (χ1n) is 5.93. The molecule has 0 atom stereocenters. The third-order valence-corrected chi connectivity index (χ3v) is 3.13. The maximum atomic E-state index is 9.23. The Labute approximate surface area is 117 Å². The van der Waals surface area contributed by atoms with Crippen LogP contribution in [0.4, 0.5) is 11.4 Å². The van der Waals surface area contributed by atoms with Crippen LogP contribution in [0.2, 0.25) is 5.02 Å². The Kier molecular flexibility index (Phi) is 3.73. The minimum atomic E-state index is 0.569. The summed E-state index contributed by atoms with van der Waals surface area (Å²) in [5.41, 5.74) is 4.93. The van der Waals surface area contributed by atoms with Crippen molar-refractivity contribution in [2.75, 3.05) is 5.32 Å². The van der Waals surface area contributed by atoms with Crippen LogP contribution in [0.25, 0.3) is 0 Å². The molecule has 0 amide bonds. The molecular weight excluding hydrogens is 258 g/mol. The predicted molar refractivity (Wildman–Crippen MR) is 77.9 cm³/mol. The fraction of sp³-hybridized carbons (Fsp3) is 0.200. The molecule has 1 N–H and O–H groups in total. The first-order valence-corrected chi connectivity index (χ1v) is 6.30. The third-order valence-electron chi connectivity index (χ3n) is 2.90. The van der Waals surface area contributed by atoms with Gasteiger partial charge < -0.3 is 5.32 Å². The summed E-state index contributed by atoms with van der Waals surface area (Å²) in [6.07, 6.45) is 0. The molecule has 96 valence electrons. The van der Waals surface area contributed by atoms with Crippen molar-refractivity contribution in [2.45, 2.75) is 20.8 Å². The number of anilines is 2. The van der Waals surface area contributed by atoms with Gasteiger partial charge in [-0.05, 0) is 50.6 Å². The molecule has 0 saturated carbocycles. The Morgan fingerprint density at radius 2 is 1.89 bits per heavy atom. The molecule has 2 aromatic rings. The van der Waals surface area contributed by atoms with Crippen molar-refractivity contribution >= 4 is 23.0 Å². The van der Waals surface area contributed by atoms with Gasteiger partial charge in [0.05, 0.1) is 16.9 Å². The van der Waals surface area contributed by atoms with Crippen molar-refractivity contribution in [3.63, 3.8) is 0 Å². The van der Waals surface area contributed by atoms with E-state index in [1.807, 2.05) is 45.0 Å². The average Bonchev–Trinajstić information content (AvgIpc) is 2.32. The second-order valence-electron chi connectivity index (χ2n) is 4.47. The summed E-state index contributed by atoms with van der Waals surface area (Å²) >= 11 is 5.94. The van der Waals surface area contributed by atoms with E-state index in [0.717, 1.165) is 28.3 Å². The molecule has 0 spiro atoms.